The molecule has 13 nitrogen and oxygen atoms in total. The maximum atomic E-state index is 12.2. The molecule has 1 atom stereocenters. The van der Waals surface area contributed by atoms with E-state index in [0.717, 1.165) is 0 Å². The van der Waals surface area contributed by atoms with Crippen LogP contribution < -0.4 is 10.7 Å². The van der Waals surface area contributed by atoms with E-state index in [-0.39, 0.29) is 45.8 Å². The van der Waals surface area contributed by atoms with E-state index in [1.807, 2.05) is 0 Å². The number of aromatic hydroxyl groups is 1. The first-order valence-electron chi connectivity index (χ1n) is 11.3. The van der Waals surface area contributed by atoms with Gasteiger partial charge in [-0.3, -0.25) is 9.59 Å². The molecule has 1 aliphatic carbocycles. The summed E-state index contributed by atoms with van der Waals surface area (Å²) in [6, 6.07) is 9.39. The molecule has 5 N–H and O–H groups in total. The summed E-state index contributed by atoms with van der Waals surface area (Å²) >= 11 is 0. The topological polar surface area (TPSA) is 216 Å². The summed E-state index contributed by atoms with van der Waals surface area (Å²) in [4.78, 5) is 58.3. The second-order valence-corrected chi connectivity index (χ2v) is 8.32. The Balaban J connectivity index is 1.79. The minimum atomic E-state index is -1.51. The number of carboxylic acids is 3. The lowest BCUT2D eigenvalue weighted by molar-refractivity contribution is -0.140. The van der Waals surface area contributed by atoms with Gasteiger partial charge < -0.3 is 30.2 Å². The van der Waals surface area contributed by atoms with Crippen molar-refractivity contribution in [2.45, 2.75) is 18.9 Å². The summed E-state index contributed by atoms with van der Waals surface area (Å²) in [7, 11) is 0. The number of aliphatic carboxylic acids is 2. The number of hydrogen-bond donors (Lipinski definition) is 5. The monoisotopic (exact) mass is 533 g/mol. The van der Waals surface area contributed by atoms with Crippen LogP contribution in [-0.4, -0.2) is 50.4 Å². The summed E-state index contributed by atoms with van der Waals surface area (Å²) < 4.78 is 5.78. The van der Waals surface area contributed by atoms with Crippen molar-refractivity contribution >= 4 is 40.6 Å². The molecule has 0 radical (unpaired) electrons. The third kappa shape index (κ3) is 5.88. The van der Waals surface area contributed by atoms with Gasteiger partial charge >= 0.3 is 23.9 Å². The predicted molar refractivity (Wildman–Crippen MR) is 135 cm³/mol. The molecular formula is C26H19N3O10. The number of aromatic carboxylic acids is 1. The number of carbonyl (C=O) groups is 4. The lowest BCUT2D eigenvalue weighted by Gasteiger charge is -2.17. The van der Waals surface area contributed by atoms with Gasteiger partial charge in [0.05, 0.1) is 11.3 Å². The molecule has 0 aromatic heterocycles. The highest BCUT2D eigenvalue weighted by Crippen LogP contribution is 2.42. The molecule has 2 aliphatic rings. The standard InChI is InChI=1S/C26H19N3O10/c30-13-2-5-16-20(10-13)39-21-11-14(31)3-6-17(21)23(16)18-9-12(1-4-15(18)24(34)35)28-29-26(38)27-19(25(36)37)7-8-22(32)33/h1-6,9-11,19,30H,7-8H2,(H,27,38)(H,32,33)(H,34,35)(H,36,37)/b29-28+/t19-/m0/s1. The van der Waals surface area contributed by atoms with E-state index in [4.69, 9.17) is 9.52 Å². The highest BCUT2D eigenvalue weighted by molar-refractivity contribution is 6.08. The average Bonchev–Trinajstić information content (AvgIpc) is 2.87. The van der Waals surface area contributed by atoms with Crippen molar-refractivity contribution in [2.75, 3.05) is 0 Å². The summed E-state index contributed by atoms with van der Waals surface area (Å²) in [5.74, 6) is -3.95. The number of benzene rings is 3. The summed E-state index contributed by atoms with van der Waals surface area (Å²) in [5, 5.41) is 47.4. The number of azo groups is 1. The predicted octanol–water partition coefficient (Wildman–Crippen LogP) is 4.08. The Labute approximate surface area is 218 Å². The molecule has 0 saturated carbocycles. The third-order valence-electron chi connectivity index (χ3n) is 5.68. The van der Waals surface area contributed by atoms with Crippen LogP contribution in [0.1, 0.15) is 23.2 Å². The van der Waals surface area contributed by atoms with E-state index in [2.05, 4.69) is 15.5 Å². The van der Waals surface area contributed by atoms with E-state index >= 15 is 0 Å². The number of phenols is 1. The number of rotatable bonds is 8. The van der Waals surface area contributed by atoms with Gasteiger partial charge in [0.1, 0.15) is 23.1 Å². The fraction of sp³-hybridized carbons (Fsp3) is 0.115. The molecule has 4 rings (SSSR count). The smallest absolute Gasteiger partial charge is 0.360 e. The van der Waals surface area contributed by atoms with Gasteiger partial charge in [-0.25, -0.2) is 14.4 Å². The van der Waals surface area contributed by atoms with Crippen LogP contribution in [-0.2, 0) is 9.59 Å². The lowest BCUT2D eigenvalue weighted by atomic mass is 9.90. The first-order valence-corrected chi connectivity index (χ1v) is 11.3. The van der Waals surface area contributed by atoms with E-state index in [1.54, 1.807) is 0 Å². The van der Waals surface area contributed by atoms with Crippen molar-refractivity contribution in [1.29, 1.82) is 0 Å². The molecule has 13 heteroatoms. The molecule has 2 aromatic rings. The summed E-state index contributed by atoms with van der Waals surface area (Å²) in [5.41, 5.74) is 0.586. The van der Waals surface area contributed by atoms with Crippen LogP contribution in [0.2, 0.25) is 0 Å². The van der Waals surface area contributed by atoms with Gasteiger partial charge in [-0.2, -0.15) is 0 Å². The zero-order valence-electron chi connectivity index (χ0n) is 19.8. The van der Waals surface area contributed by atoms with E-state index in [9.17, 15) is 39.3 Å². The van der Waals surface area contributed by atoms with Gasteiger partial charge in [0.15, 0.2) is 5.43 Å². The summed E-state index contributed by atoms with van der Waals surface area (Å²) in [6.45, 7) is 0. The highest BCUT2D eigenvalue weighted by atomic mass is 16.4. The second kappa shape index (κ2) is 10.8. The number of hydrogen-bond acceptors (Lipinski definition) is 8. The molecule has 0 bridgehead atoms. The largest absolute Gasteiger partial charge is 0.508 e. The van der Waals surface area contributed by atoms with Crippen molar-refractivity contribution in [3.05, 3.63) is 70.4 Å². The van der Waals surface area contributed by atoms with Crippen molar-refractivity contribution in [2.24, 2.45) is 10.2 Å². The van der Waals surface area contributed by atoms with E-state index in [0.29, 0.717) is 16.5 Å². The molecule has 39 heavy (non-hydrogen) atoms. The average molecular weight is 533 g/mol. The molecule has 2 aromatic carbocycles. The number of urea groups is 1. The van der Waals surface area contributed by atoms with Crippen LogP contribution in [0, 0.1) is 0 Å². The Hall–Kier alpha value is -5.59. The van der Waals surface area contributed by atoms with E-state index in [1.165, 1.54) is 54.6 Å². The molecule has 198 valence electrons. The first-order chi connectivity index (χ1) is 18.5. The molecule has 2 amide bonds. The van der Waals surface area contributed by atoms with Crippen LogP contribution in [0.5, 0.6) is 5.75 Å². The van der Waals surface area contributed by atoms with Crippen LogP contribution in [0.3, 0.4) is 0 Å². The first kappa shape index (κ1) is 26.5. The maximum absolute atomic E-state index is 12.2. The lowest BCUT2D eigenvalue weighted by Crippen LogP contribution is -2.39. The molecule has 0 saturated heterocycles. The molecule has 0 fully saturated rings. The number of nitrogens with zero attached hydrogens (tertiary/aromatic N) is 2. The molecule has 1 aliphatic heterocycles. The molecular weight excluding hydrogens is 514 g/mol. The van der Waals surface area contributed by atoms with E-state index < -0.39 is 36.4 Å². The fourth-order valence-electron chi connectivity index (χ4n) is 3.94. The Morgan fingerprint density at radius 2 is 1.69 bits per heavy atom. The Morgan fingerprint density at radius 1 is 0.923 bits per heavy atom. The minimum absolute atomic E-state index is 0.0314. The number of amides is 2. The van der Waals surface area contributed by atoms with Crippen LogP contribution in [0.15, 0.2) is 74.0 Å². The van der Waals surface area contributed by atoms with Crippen molar-refractivity contribution in [1.82, 2.24) is 5.32 Å². The van der Waals surface area contributed by atoms with Gasteiger partial charge in [-0.1, -0.05) is 5.11 Å². The normalized spacial score (nSPS) is 12.0. The Bertz CT molecular complexity index is 1690. The van der Waals surface area contributed by atoms with Crippen molar-refractivity contribution in [3.63, 3.8) is 0 Å². The van der Waals surface area contributed by atoms with Gasteiger partial charge in [-0.05, 0) is 54.4 Å². The van der Waals surface area contributed by atoms with Gasteiger partial charge in [0.25, 0.3) is 0 Å². The second-order valence-electron chi connectivity index (χ2n) is 8.32. The van der Waals surface area contributed by atoms with Crippen molar-refractivity contribution in [3.8, 4) is 28.2 Å². The van der Waals surface area contributed by atoms with Crippen molar-refractivity contribution < 1.29 is 44.0 Å². The van der Waals surface area contributed by atoms with Gasteiger partial charge in [0, 0.05) is 35.1 Å². The molecule has 1 heterocycles. The van der Waals surface area contributed by atoms with Crippen LogP contribution in [0.4, 0.5) is 10.5 Å². The quantitative estimate of drug-likeness (QED) is 0.161. The number of carboxylic acid groups (broad SMARTS) is 3. The zero-order chi connectivity index (χ0) is 28.3. The fourth-order valence-corrected chi connectivity index (χ4v) is 3.94. The number of carbonyl (C=O) groups excluding carboxylic acids is 1. The van der Waals surface area contributed by atoms with Gasteiger partial charge in [-0.15, -0.1) is 5.11 Å². The SMILES string of the molecule is O=C(O)CC[C@H](NC(=O)/N=N/c1ccc(C(=O)O)c(-c2c3ccc(=O)cc-3oc3cc(O)ccc23)c1)C(=O)O. The minimum Gasteiger partial charge on any atom is -0.508 e. The highest BCUT2D eigenvalue weighted by Gasteiger charge is 2.23. The summed E-state index contributed by atoms with van der Waals surface area (Å²) in [6.07, 6.45) is -0.867. The molecule has 0 unspecified atom stereocenters. The van der Waals surface area contributed by atoms with Gasteiger partial charge in [0.2, 0.25) is 0 Å². The third-order valence-corrected chi connectivity index (χ3v) is 5.68. The maximum Gasteiger partial charge on any atom is 0.360 e. The number of nitrogens with one attached hydrogen (secondary N) is 1. The molecule has 0 spiro atoms. The Kier molecular flexibility index (Phi) is 7.33. The van der Waals surface area contributed by atoms with Crippen LogP contribution >= 0.6 is 0 Å². The number of fused-ring (bicyclic) bond motifs is 2. The number of phenolic OH excluding ortho intramolecular Hbond substituents is 1. The Morgan fingerprint density at radius 3 is 2.38 bits per heavy atom. The zero-order valence-corrected chi connectivity index (χ0v) is 19.8. The van der Waals surface area contributed by atoms with Crippen LogP contribution in [0.25, 0.3) is 33.4 Å².